The molecule has 0 spiro atoms. The second kappa shape index (κ2) is 6.53. The van der Waals surface area contributed by atoms with E-state index in [1.165, 1.54) is 0 Å². The molecule has 0 unspecified atom stereocenters. The van der Waals surface area contributed by atoms with Crippen LogP contribution in [-0.4, -0.2) is 30.4 Å². The number of carbonyl (C=O) groups is 1. The molecule has 0 saturated heterocycles. The summed E-state index contributed by atoms with van der Waals surface area (Å²) in [7, 11) is 1.75. The Kier molecular flexibility index (Phi) is 5.32. The van der Waals surface area contributed by atoms with Gasteiger partial charge in [-0.25, -0.2) is 0 Å². The average molecular weight is 310 g/mol. The lowest BCUT2D eigenvalue weighted by molar-refractivity contribution is -0.117. The quantitative estimate of drug-likeness (QED) is 0.930. The third-order valence-corrected chi connectivity index (χ3v) is 3.20. The van der Waals surface area contributed by atoms with Gasteiger partial charge in [-0.3, -0.25) is 9.69 Å². The van der Waals surface area contributed by atoms with Crippen molar-refractivity contribution in [3.63, 3.8) is 0 Å². The number of aryl methyl sites for hydroxylation is 1. The van der Waals surface area contributed by atoms with Gasteiger partial charge in [0.1, 0.15) is 0 Å². The molecule has 1 aromatic carbocycles. The highest BCUT2D eigenvalue weighted by Gasteiger charge is 2.12. The van der Waals surface area contributed by atoms with Gasteiger partial charge in [0.2, 0.25) is 5.91 Å². The summed E-state index contributed by atoms with van der Waals surface area (Å²) in [4.78, 5) is 13.5. The summed E-state index contributed by atoms with van der Waals surface area (Å²) in [5.41, 5.74) is 1.79. The van der Waals surface area contributed by atoms with Crippen LogP contribution < -0.4 is 5.32 Å². The van der Waals surface area contributed by atoms with Gasteiger partial charge in [-0.05, 0) is 44.7 Å². The summed E-state index contributed by atoms with van der Waals surface area (Å²) < 4.78 is 0.980. The predicted octanol–water partition coefficient (Wildman–Crippen LogP) is 2.54. The Balaban J connectivity index is 2.63. The van der Waals surface area contributed by atoms with E-state index in [4.69, 9.17) is 5.26 Å². The lowest BCUT2D eigenvalue weighted by Gasteiger charge is -2.18. The highest BCUT2D eigenvalue weighted by Crippen LogP contribution is 2.19. The van der Waals surface area contributed by atoms with Crippen LogP contribution in [0.25, 0.3) is 0 Å². The van der Waals surface area contributed by atoms with Crippen LogP contribution in [0, 0.1) is 18.3 Å². The topological polar surface area (TPSA) is 56.1 Å². The number of hydrogen-bond donors (Lipinski definition) is 1. The Bertz CT molecular complexity index is 482. The van der Waals surface area contributed by atoms with Crippen LogP contribution in [-0.2, 0) is 4.79 Å². The number of carbonyl (C=O) groups excluding carboxylic acids is 1. The molecule has 1 atom stereocenters. The van der Waals surface area contributed by atoms with Crippen LogP contribution in [0.2, 0.25) is 0 Å². The fourth-order valence-corrected chi connectivity index (χ4v) is 1.89. The van der Waals surface area contributed by atoms with Crippen molar-refractivity contribution in [2.75, 3.05) is 18.9 Å². The molecule has 0 aliphatic carbocycles. The van der Waals surface area contributed by atoms with Gasteiger partial charge >= 0.3 is 0 Å². The van der Waals surface area contributed by atoms with Gasteiger partial charge in [0.05, 0.1) is 18.7 Å². The minimum Gasteiger partial charge on any atom is -0.325 e. The van der Waals surface area contributed by atoms with Crippen LogP contribution in [0.3, 0.4) is 0 Å². The predicted molar refractivity (Wildman–Crippen MR) is 75.2 cm³/mol. The Hall–Kier alpha value is -1.38. The zero-order valence-corrected chi connectivity index (χ0v) is 12.3. The third kappa shape index (κ3) is 4.13. The number of hydrogen-bond acceptors (Lipinski definition) is 3. The Labute approximate surface area is 116 Å². The first-order valence-electron chi connectivity index (χ1n) is 5.60. The van der Waals surface area contributed by atoms with Crippen LogP contribution in [0.1, 0.15) is 12.5 Å². The lowest BCUT2D eigenvalue weighted by atomic mass is 10.2. The number of anilines is 1. The number of halogens is 1. The lowest BCUT2D eigenvalue weighted by Crippen LogP contribution is -2.35. The zero-order valence-electron chi connectivity index (χ0n) is 10.7. The van der Waals surface area contributed by atoms with Crippen molar-refractivity contribution < 1.29 is 4.79 Å². The first-order valence-corrected chi connectivity index (χ1v) is 6.39. The third-order valence-electron chi connectivity index (χ3n) is 2.70. The maximum atomic E-state index is 11.8. The van der Waals surface area contributed by atoms with Gasteiger partial charge in [0, 0.05) is 10.2 Å². The first kappa shape index (κ1) is 14.7. The second-order valence-corrected chi connectivity index (χ2v) is 5.14. The van der Waals surface area contributed by atoms with Crippen LogP contribution >= 0.6 is 15.9 Å². The van der Waals surface area contributed by atoms with Crippen LogP contribution in [0.15, 0.2) is 22.7 Å². The van der Waals surface area contributed by atoms with Crippen molar-refractivity contribution in [1.29, 1.82) is 5.26 Å². The summed E-state index contributed by atoms with van der Waals surface area (Å²) in [6, 6.07) is 7.49. The molecule has 1 amide bonds. The molecule has 5 heteroatoms. The highest BCUT2D eigenvalue weighted by atomic mass is 79.9. The summed E-state index contributed by atoms with van der Waals surface area (Å²) >= 11 is 3.37. The maximum absolute atomic E-state index is 11.8. The van der Waals surface area contributed by atoms with Crippen molar-refractivity contribution in [3.8, 4) is 6.07 Å². The molecule has 0 heterocycles. The summed E-state index contributed by atoms with van der Waals surface area (Å²) in [5, 5.41) is 11.6. The van der Waals surface area contributed by atoms with E-state index in [1.54, 1.807) is 18.9 Å². The van der Waals surface area contributed by atoms with Gasteiger partial charge < -0.3 is 5.32 Å². The molecule has 0 aromatic heterocycles. The second-order valence-electron chi connectivity index (χ2n) is 4.23. The molecule has 0 saturated carbocycles. The van der Waals surface area contributed by atoms with E-state index < -0.39 is 0 Å². The van der Waals surface area contributed by atoms with Gasteiger partial charge in [0.25, 0.3) is 0 Å². The molecule has 0 aliphatic heterocycles. The SMILES string of the molecule is Cc1cc(Br)ccc1NC(=O)CN(C)[C@H](C)C#N. The number of benzene rings is 1. The summed E-state index contributed by atoms with van der Waals surface area (Å²) in [6.07, 6.45) is 0. The molecule has 0 fully saturated rings. The minimum atomic E-state index is -0.276. The van der Waals surface area contributed by atoms with Gasteiger partial charge in [-0.1, -0.05) is 15.9 Å². The van der Waals surface area contributed by atoms with Crippen molar-refractivity contribution in [2.45, 2.75) is 19.9 Å². The monoisotopic (exact) mass is 309 g/mol. The molecule has 1 rings (SSSR count). The number of rotatable bonds is 4. The van der Waals surface area contributed by atoms with E-state index in [1.807, 2.05) is 25.1 Å². The molecule has 96 valence electrons. The van der Waals surface area contributed by atoms with Crippen LogP contribution in [0.4, 0.5) is 5.69 Å². The van der Waals surface area contributed by atoms with Gasteiger partial charge in [-0.15, -0.1) is 0 Å². The van der Waals surface area contributed by atoms with E-state index in [2.05, 4.69) is 27.3 Å². The minimum absolute atomic E-state index is 0.120. The Morgan fingerprint density at radius 2 is 2.28 bits per heavy atom. The van der Waals surface area contributed by atoms with Crippen molar-refractivity contribution in [1.82, 2.24) is 4.90 Å². The first-order chi connectivity index (χ1) is 8.43. The Morgan fingerprint density at radius 3 is 2.83 bits per heavy atom. The smallest absolute Gasteiger partial charge is 0.238 e. The van der Waals surface area contributed by atoms with E-state index in [9.17, 15) is 4.79 Å². The number of nitrogens with one attached hydrogen (secondary N) is 1. The number of amides is 1. The molecule has 0 aliphatic rings. The number of nitriles is 1. The largest absolute Gasteiger partial charge is 0.325 e. The van der Waals surface area contributed by atoms with E-state index >= 15 is 0 Å². The van der Waals surface area contributed by atoms with Crippen molar-refractivity contribution >= 4 is 27.5 Å². The van der Waals surface area contributed by atoms with Crippen LogP contribution in [0.5, 0.6) is 0 Å². The molecule has 0 radical (unpaired) electrons. The molecular weight excluding hydrogens is 294 g/mol. The van der Waals surface area contributed by atoms with Gasteiger partial charge in [-0.2, -0.15) is 5.26 Å². The average Bonchev–Trinajstić information content (AvgIpc) is 2.31. The van der Waals surface area contributed by atoms with Gasteiger partial charge in [0.15, 0.2) is 0 Å². The summed E-state index contributed by atoms with van der Waals surface area (Å²) in [6.45, 7) is 3.89. The Morgan fingerprint density at radius 1 is 1.61 bits per heavy atom. The fraction of sp³-hybridized carbons (Fsp3) is 0.385. The molecule has 4 nitrogen and oxygen atoms in total. The molecule has 0 bridgehead atoms. The van der Waals surface area contributed by atoms with E-state index in [0.717, 1.165) is 15.7 Å². The normalized spacial score (nSPS) is 12.0. The summed E-state index contributed by atoms with van der Waals surface area (Å²) in [5.74, 6) is -0.120. The molecular formula is C13H16BrN3O. The molecule has 1 aromatic rings. The van der Waals surface area contributed by atoms with E-state index in [0.29, 0.717) is 0 Å². The van der Waals surface area contributed by atoms with Crippen molar-refractivity contribution in [3.05, 3.63) is 28.2 Å². The number of likely N-dealkylation sites (N-methyl/N-ethyl adjacent to an activating group) is 1. The zero-order chi connectivity index (χ0) is 13.7. The van der Waals surface area contributed by atoms with E-state index in [-0.39, 0.29) is 18.5 Å². The maximum Gasteiger partial charge on any atom is 0.238 e. The fourth-order valence-electron chi connectivity index (χ4n) is 1.42. The molecule has 18 heavy (non-hydrogen) atoms. The van der Waals surface area contributed by atoms with Crippen molar-refractivity contribution in [2.24, 2.45) is 0 Å². The standard InChI is InChI=1S/C13H16BrN3O/c1-9-6-11(14)4-5-12(9)16-13(18)8-17(3)10(2)7-15/h4-6,10H,8H2,1-3H3,(H,16,18)/t10-/m1/s1. The molecule has 1 N–H and O–H groups in total. The number of nitrogens with zero attached hydrogens (tertiary/aromatic N) is 2. The highest BCUT2D eigenvalue weighted by molar-refractivity contribution is 9.10.